The van der Waals surface area contributed by atoms with E-state index in [0.717, 1.165) is 18.3 Å². The van der Waals surface area contributed by atoms with Crippen LogP contribution in [0.25, 0.3) is 0 Å². The van der Waals surface area contributed by atoms with E-state index in [-0.39, 0.29) is 11.6 Å². The van der Waals surface area contributed by atoms with Crippen molar-refractivity contribution in [2.45, 2.75) is 6.18 Å². The number of benzene rings is 1. The summed E-state index contributed by atoms with van der Waals surface area (Å²) in [6.45, 7) is 0. The van der Waals surface area contributed by atoms with Crippen molar-refractivity contribution in [3.05, 3.63) is 42.1 Å². The lowest BCUT2D eigenvalue weighted by molar-refractivity contribution is -0.137. The van der Waals surface area contributed by atoms with Crippen LogP contribution in [0.5, 0.6) is 17.4 Å². The highest BCUT2D eigenvalue weighted by molar-refractivity contribution is 5.52. The van der Waals surface area contributed by atoms with Gasteiger partial charge in [0, 0.05) is 24.0 Å². The fraction of sp³-hybridized carbons (Fsp3) is 0.154. The molecule has 2 N–H and O–H groups in total. The average Bonchev–Trinajstić information content (AvgIpc) is 2.40. The van der Waals surface area contributed by atoms with Crippen LogP contribution in [-0.2, 0) is 6.18 Å². The van der Waals surface area contributed by atoms with Crippen LogP contribution in [0.2, 0.25) is 0 Å². The van der Waals surface area contributed by atoms with Gasteiger partial charge in [-0.2, -0.15) is 13.2 Å². The molecule has 1 aromatic carbocycles. The van der Waals surface area contributed by atoms with Crippen LogP contribution in [0, 0.1) is 0 Å². The third-order valence-electron chi connectivity index (χ3n) is 2.46. The first kappa shape index (κ1) is 14.0. The summed E-state index contributed by atoms with van der Waals surface area (Å²) < 4.78 is 48.1. The number of alkyl halides is 3. The SMILES string of the molecule is COc1cc(N)ccc1Oc1cc(C(F)(F)F)ccn1. The van der Waals surface area contributed by atoms with Gasteiger partial charge in [-0.05, 0) is 18.2 Å². The van der Waals surface area contributed by atoms with Crippen LogP contribution in [0.15, 0.2) is 36.5 Å². The zero-order chi connectivity index (χ0) is 14.8. The molecule has 2 rings (SSSR count). The normalized spacial score (nSPS) is 11.2. The van der Waals surface area contributed by atoms with Crippen molar-refractivity contribution < 1.29 is 22.6 Å². The van der Waals surface area contributed by atoms with Gasteiger partial charge in [-0.15, -0.1) is 0 Å². The molecular formula is C13H11F3N2O2. The molecule has 4 nitrogen and oxygen atoms in total. The number of halogens is 3. The lowest BCUT2D eigenvalue weighted by Crippen LogP contribution is -2.05. The summed E-state index contributed by atoms with van der Waals surface area (Å²) >= 11 is 0. The molecule has 0 amide bonds. The molecule has 20 heavy (non-hydrogen) atoms. The van der Waals surface area contributed by atoms with Gasteiger partial charge in [-0.1, -0.05) is 0 Å². The Balaban J connectivity index is 2.31. The highest BCUT2D eigenvalue weighted by Crippen LogP contribution is 2.35. The van der Waals surface area contributed by atoms with Crippen LogP contribution in [-0.4, -0.2) is 12.1 Å². The van der Waals surface area contributed by atoms with E-state index in [0.29, 0.717) is 11.4 Å². The van der Waals surface area contributed by atoms with Gasteiger partial charge in [0.2, 0.25) is 5.88 Å². The molecule has 0 unspecified atom stereocenters. The zero-order valence-electron chi connectivity index (χ0n) is 10.4. The van der Waals surface area contributed by atoms with Crippen molar-refractivity contribution in [1.82, 2.24) is 4.98 Å². The van der Waals surface area contributed by atoms with Crippen molar-refractivity contribution >= 4 is 5.69 Å². The molecule has 0 aliphatic carbocycles. The summed E-state index contributed by atoms with van der Waals surface area (Å²) in [6.07, 6.45) is -3.42. The Hall–Kier alpha value is -2.44. The molecule has 2 aromatic rings. The minimum Gasteiger partial charge on any atom is -0.493 e. The summed E-state index contributed by atoms with van der Waals surface area (Å²) in [6, 6.07) is 6.23. The predicted molar refractivity (Wildman–Crippen MR) is 66.7 cm³/mol. The second-order valence-electron chi connectivity index (χ2n) is 3.89. The summed E-state index contributed by atoms with van der Waals surface area (Å²) in [4.78, 5) is 3.74. The molecule has 0 aliphatic heterocycles. The molecule has 0 spiro atoms. The molecule has 0 saturated heterocycles. The smallest absolute Gasteiger partial charge is 0.416 e. The van der Waals surface area contributed by atoms with E-state index in [1.54, 1.807) is 6.07 Å². The van der Waals surface area contributed by atoms with E-state index in [9.17, 15) is 13.2 Å². The van der Waals surface area contributed by atoms with Gasteiger partial charge in [0.1, 0.15) is 0 Å². The van der Waals surface area contributed by atoms with Gasteiger partial charge in [-0.25, -0.2) is 4.98 Å². The highest BCUT2D eigenvalue weighted by Gasteiger charge is 2.31. The van der Waals surface area contributed by atoms with Crippen LogP contribution in [0.3, 0.4) is 0 Å². The van der Waals surface area contributed by atoms with E-state index in [1.807, 2.05) is 0 Å². The molecule has 1 heterocycles. The molecule has 0 atom stereocenters. The van der Waals surface area contributed by atoms with E-state index in [1.165, 1.54) is 19.2 Å². The largest absolute Gasteiger partial charge is 0.493 e. The van der Waals surface area contributed by atoms with Crippen LogP contribution in [0.1, 0.15) is 5.56 Å². The number of nitrogen functional groups attached to an aromatic ring is 1. The highest BCUT2D eigenvalue weighted by atomic mass is 19.4. The predicted octanol–water partition coefficient (Wildman–Crippen LogP) is 3.48. The number of nitrogens with two attached hydrogens (primary N) is 1. The summed E-state index contributed by atoms with van der Waals surface area (Å²) in [5.74, 6) is 0.362. The third-order valence-corrected chi connectivity index (χ3v) is 2.46. The van der Waals surface area contributed by atoms with Crippen molar-refractivity contribution in [1.29, 1.82) is 0 Å². The van der Waals surface area contributed by atoms with Crippen molar-refractivity contribution in [2.24, 2.45) is 0 Å². The van der Waals surface area contributed by atoms with Gasteiger partial charge in [0.05, 0.1) is 12.7 Å². The number of hydrogen-bond donors (Lipinski definition) is 1. The second-order valence-corrected chi connectivity index (χ2v) is 3.89. The number of rotatable bonds is 3. The molecule has 0 bridgehead atoms. The standard InChI is InChI=1S/C13H11F3N2O2/c1-19-11-7-9(17)2-3-10(11)20-12-6-8(4-5-18-12)13(14,15)16/h2-7H,17H2,1H3. The van der Waals surface area contributed by atoms with Crippen molar-refractivity contribution in [3.8, 4) is 17.4 Å². The van der Waals surface area contributed by atoms with E-state index < -0.39 is 11.7 Å². The number of ether oxygens (including phenoxy) is 2. The molecule has 0 saturated carbocycles. The molecule has 0 radical (unpaired) electrons. The lowest BCUT2D eigenvalue weighted by Gasteiger charge is -2.11. The topological polar surface area (TPSA) is 57.4 Å². The molecule has 0 aliphatic rings. The molecular weight excluding hydrogens is 273 g/mol. The number of anilines is 1. The number of aromatic nitrogens is 1. The number of methoxy groups -OCH3 is 1. The van der Waals surface area contributed by atoms with Gasteiger partial charge in [0.25, 0.3) is 0 Å². The lowest BCUT2D eigenvalue weighted by atomic mass is 10.2. The first-order valence-electron chi connectivity index (χ1n) is 5.55. The minimum atomic E-state index is -4.45. The summed E-state index contributed by atoms with van der Waals surface area (Å²) in [5, 5.41) is 0. The Kier molecular flexibility index (Phi) is 3.69. The Morgan fingerprint density at radius 3 is 2.50 bits per heavy atom. The molecule has 1 aromatic heterocycles. The van der Waals surface area contributed by atoms with Crippen molar-refractivity contribution in [2.75, 3.05) is 12.8 Å². The first-order chi connectivity index (χ1) is 9.40. The summed E-state index contributed by atoms with van der Waals surface area (Å²) in [7, 11) is 1.40. The first-order valence-corrected chi connectivity index (χ1v) is 5.55. The summed E-state index contributed by atoms with van der Waals surface area (Å²) in [5.41, 5.74) is 5.19. The number of pyridine rings is 1. The van der Waals surface area contributed by atoms with Crippen LogP contribution < -0.4 is 15.2 Å². The maximum atomic E-state index is 12.6. The van der Waals surface area contributed by atoms with E-state index in [4.69, 9.17) is 15.2 Å². The van der Waals surface area contributed by atoms with Gasteiger partial charge in [-0.3, -0.25) is 0 Å². The minimum absolute atomic E-state index is 0.178. The van der Waals surface area contributed by atoms with E-state index in [2.05, 4.69) is 4.98 Å². The van der Waals surface area contributed by atoms with Gasteiger partial charge < -0.3 is 15.2 Å². The van der Waals surface area contributed by atoms with E-state index >= 15 is 0 Å². The second kappa shape index (κ2) is 5.28. The maximum Gasteiger partial charge on any atom is 0.416 e. The Morgan fingerprint density at radius 1 is 1.10 bits per heavy atom. The Morgan fingerprint density at radius 2 is 1.85 bits per heavy atom. The fourth-order valence-corrected chi connectivity index (χ4v) is 1.52. The van der Waals surface area contributed by atoms with Crippen molar-refractivity contribution in [3.63, 3.8) is 0 Å². The van der Waals surface area contributed by atoms with Gasteiger partial charge in [0.15, 0.2) is 11.5 Å². The Labute approximate surface area is 113 Å². The molecule has 106 valence electrons. The zero-order valence-corrected chi connectivity index (χ0v) is 10.4. The average molecular weight is 284 g/mol. The Bertz CT molecular complexity index is 615. The molecule has 0 fully saturated rings. The van der Waals surface area contributed by atoms with Crippen LogP contribution >= 0.6 is 0 Å². The van der Waals surface area contributed by atoms with Gasteiger partial charge >= 0.3 is 6.18 Å². The third kappa shape index (κ3) is 3.11. The quantitative estimate of drug-likeness (QED) is 0.877. The number of nitrogens with zero attached hydrogens (tertiary/aromatic N) is 1. The fourth-order valence-electron chi connectivity index (χ4n) is 1.52. The maximum absolute atomic E-state index is 12.6. The monoisotopic (exact) mass is 284 g/mol. The molecule has 7 heteroatoms. The number of hydrogen-bond acceptors (Lipinski definition) is 4. The van der Waals surface area contributed by atoms with Crippen LogP contribution in [0.4, 0.5) is 18.9 Å².